The van der Waals surface area contributed by atoms with Crippen LogP contribution in [-0.4, -0.2) is 17.0 Å². The molecule has 0 N–H and O–H groups in total. The van der Waals surface area contributed by atoms with E-state index in [-0.39, 0.29) is 5.56 Å². The van der Waals surface area contributed by atoms with E-state index in [1.807, 2.05) is 0 Å². The van der Waals surface area contributed by atoms with Gasteiger partial charge in [-0.3, -0.25) is 9.78 Å². The van der Waals surface area contributed by atoms with Crippen LogP contribution in [0.3, 0.4) is 0 Å². The number of halogens is 1. The van der Waals surface area contributed by atoms with Crippen LogP contribution in [0.1, 0.15) is 16.1 Å². The van der Waals surface area contributed by atoms with Crippen molar-refractivity contribution >= 4 is 25.0 Å². The second-order valence-corrected chi connectivity index (χ2v) is 2.70. The molecule has 0 aliphatic carbocycles. The Morgan fingerprint density at radius 1 is 1.62 bits per heavy atom. The zero-order chi connectivity index (χ0) is 9.68. The SMILES string of the molecule is O=Cc1cc(C=CCS)ncc1F. The summed E-state index contributed by atoms with van der Waals surface area (Å²) in [5, 5.41) is 0. The summed E-state index contributed by atoms with van der Waals surface area (Å²) < 4.78 is 12.8. The molecule has 68 valence electrons. The first-order chi connectivity index (χ1) is 6.27. The molecule has 0 radical (unpaired) electrons. The Kier molecular flexibility index (Phi) is 3.64. The Bertz CT molecular complexity index is 338. The molecule has 0 amide bonds. The third-order valence-electron chi connectivity index (χ3n) is 1.43. The highest BCUT2D eigenvalue weighted by Crippen LogP contribution is 2.06. The second kappa shape index (κ2) is 4.77. The maximum Gasteiger partial charge on any atom is 0.153 e. The maximum atomic E-state index is 12.8. The number of aldehydes is 1. The fourth-order valence-electron chi connectivity index (χ4n) is 0.826. The topological polar surface area (TPSA) is 30.0 Å². The molecular weight excluding hydrogens is 189 g/mol. The van der Waals surface area contributed by atoms with E-state index >= 15 is 0 Å². The van der Waals surface area contributed by atoms with Crippen LogP contribution >= 0.6 is 12.6 Å². The molecule has 0 aliphatic rings. The van der Waals surface area contributed by atoms with E-state index in [4.69, 9.17) is 0 Å². The lowest BCUT2D eigenvalue weighted by molar-refractivity contribution is 0.111. The van der Waals surface area contributed by atoms with Gasteiger partial charge in [-0.15, -0.1) is 0 Å². The molecule has 0 unspecified atom stereocenters. The van der Waals surface area contributed by atoms with Gasteiger partial charge in [-0.2, -0.15) is 12.6 Å². The lowest BCUT2D eigenvalue weighted by Gasteiger charge is -1.95. The van der Waals surface area contributed by atoms with Crippen molar-refractivity contribution < 1.29 is 9.18 Å². The number of pyridine rings is 1. The third kappa shape index (κ3) is 2.66. The Morgan fingerprint density at radius 3 is 3.00 bits per heavy atom. The van der Waals surface area contributed by atoms with E-state index in [2.05, 4.69) is 17.6 Å². The number of rotatable bonds is 3. The fourth-order valence-corrected chi connectivity index (χ4v) is 0.932. The fraction of sp³-hybridized carbons (Fsp3) is 0.111. The minimum absolute atomic E-state index is 0.0221. The number of carbonyl (C=O) groups excluding carboxylic acids is 1. The summed E-state index contributed by atoms with van der Waals surface area (Å²) in [5.74, 6) is -0.0202. The molecule has 0 saturated heterocycles. The summed E-state index contributed by atoms with van der Waals surface area (Å²) in [4.78, 5) is 14.1. The minimum Gasteiger partial charge on any atom is -0.298 e. The first kappa shape index (κ1) is 9.92. The van der Waals surface area contributed by atoms with Gasteiger partial charge in [-0.05, 0) is 12.1 Å². The van der Waals surface area contributed by atoms with E-state index in [9.17, 15) is 9.18 Å². The Hall–Kier alpha value is -1.16. The summed E-state index contributed by atoms with van der Waals surface area (Å²) in [6.45, 7) is 0. The average molecular weight is 197 g/mol. The van der Waals surface area contributed by atoms with Gasteiger partial charge in [0.05, 0.1) is 17.5 Å². The number of hydrogen-bond acceptors (Lipinski definition) is 3. The lowest BCUT2D eigenvalue weighted by Crippen LogP contribution is -1.91. The first-order valence-corrected chi connectivity index (χ1v) is 4.29. The molecule has 13 heavy (non-hydrogen) atoms. The van der Waals surface area contributed by atoms with Crippen molar-refractivity contribution in [2.75, 3.05) is 5.75 Å². The lowest BCUT2D eigenvalue weighted by atomic mass is 10.2. The molecule has 0 saturated carbocycles. The number of carbonyl (C=O) groups is 1. The summed E-state index contributed by atoms with van der Waals surface area (Å²) in [6, 6.07) is 1.39. The first-order valence-electron chi connectivity index (χ1n) is 3.66. The Balaban J connectivity index is 2.99. The number of aromatic nitrogens is 1. The molecule has 4 heteroatoms. The third-order valence-corrected chi connectivity index (χ3v) is 1.64. The van der Waals surface area contributed by atoms with Crippen molar-refractivity contribution in [2.45, 2.75) is 0 Å². The van der Waals surface area contributed by atoms with E-state index < -0.39 is 5.82 Å². The smallest absolute Gasteiger partial charge is 0.153 e. The van der Waals surface area contributed by atoms with Gasteiger partial charge in [-0.25, -0.2) is 4.39 Å². The van der Waals surface area contributed by atoms with Crippen LogP contribution in [0.15, 0.2) is 18.3 Å². The summed E-state index contributed by atoms with van der Waals surface area (Å²) in [6.07, 6.45) is 4.94. The maximum absolute atomic E-state index is 12.8. The van der Waals surface area contributed by atoms with Gasteiger partial charge in [0.15, 0.2) is 12.1 Å². The molecule has 1 heterocycles. The van der Waals surface area contributed by atoms with Crippen LogP contribution in [0.4, 0.5) is 4.39 Å². The van der Waals surface area contributed by atoms with Crippen molar-refractivity contribution in [1.82, 2.24) is 4.98 Å². The van der Waals surface area contributed by atoms with Gasteiger partial charge in [0.25, 0.3) is 0 Å². The van der Waals surface area contributed by atoms with Gasteiger partial charge < -0.3 is 0 Å². The molecular formula is C9H8FNOS. The van der Waals surface area contributed by atoms with Crippen molar-refractivity contribution in [3.8, 4) is 0 Å². The van der Waals surface area contributed by atoms with Crippen LogP contribution in [0.25, 0.3) is 6.08 Å². The largest absolute Gasteiger partial charge is 0.298 e. The second-order valence-electron chi connectivity index (χ2n) is 2.33. The van der Waals surface area contributed by atoms with Gasteiger partial charge in [0.1, 0.15) is 0 Å². The molecule has 0 atom stereocenters. The highest BCUT2D eigenvalue weighted by Gasteiger charge is 2.00. The molecule has 0 spiro atoms. The van der Waals surface area contributed by atoms with E-state index in [0.29, 0.717) is 17.7 Å². The zero-order valence-electron chi connectivity index (χ0n) is 6.77. The molecule has 1 aromatic heterocycles. The number of thiol groups is 1. The predicted molar refractivity (Wildman–Crippen MR) is 52.5 cm³/mol. The summed E-state index contributed by atoms with van der Waals surface area (Å²) >= 11 is 3.96. The summed E-state index contributed by atoms with van der Waals surface area (Å²) in [7, 11) is 0. The van der Waals surface area contributed by atoms with Crippen LogP contribution in [0, 0.1) is 5.82 Å². The Morgan fingerprint density at radius 2 is 2.38 bits per heavy atom. The van der Waals surface area contributed by atoms with Gasteiger partial charge >= 0.3 is 0 Å². The zero-order valence-corrected chi connectivity index (χ0v) is 7.67. The molecule has 1 aromatic rings. The molecule has 0 aliphatic heterocycles. The molecule has 0 aromatic carbocycles. The number of nitrogens with zero attached hydrogens (tertiary/aromatic N) is 1. The molecule has 0 fully saturated rings. The quantitative estimate of drug-likeness (QED) is 0.593. The standard InChI is InChI=1S/C9H8FNOS/c10-9-5-11-8(2-1-3-13)4-7(9)6-12/h1-2,4-6,13H,3H2. The van der Waals surface area contributed by atoms with Crippen molar-refractivity contribution in [1.29, 1.82) is 0 Å². The normalized spacial score (nSPS) is 10.6. The van der Waals surface area contributed by atoms with E-state index in [1.54, 1.807) is 12.2 Å². The van der Waals surface area contributed by atoms with Gasteiger partial charge in [0, 0.05) is 5.75 Å². The summed E-state index contributed by atoms with van der Waals surface area (Å²) in [5.41, 5.74) is 0.575. The van der Waals surface area contributed by atoms with Gasteiger partial charge in [-0.1, -0.05) is 6.08 Å². The van der Waals surface area contributed by atoms with Crippen molar-refractivity contribution in [2.24, 2.45) is 0 Å². The van der Waals surface area contributed by atoms with Crippen molar-refractivity contribution in [3.05, 3.63) is 35.4 Å². The average Bonchev–Trinajstić information content (AvgIpc) is 2.16. The molecule has 2 nitrogen and oxygen atoms in total. The van der Waals surface area contributed by atoms with E-state index in [0.717, 1.165) is 6.20 Å². The molecule has 0 bridgehead atoms. The van der Waals surface area contributed by atoms with Gasteiger partial charge in [0.2, 0.25) is 0 Å². The van der Waals surface area contributed by atoms with Crippen LogP contribution in [-0.2, 0) is 0 Å². The Labute approximate surface area is 80.9 Å². The number of hydrogen-bond donors (Lipinski definition) is 1. The van der Waals surface area contributed by atoms with Crippen LogP contribution in [0.2, 0.25) is 0 Å². The monoisotopic (exact) mass is 197 g/mol. The predicted octanol–water partition coefficient (Wildman–Crippen LogP) is 1.98. The molecule has 1 rings (SSSR count). The van der Waals surface area contributed by atoms with E-state index in [1.165, 1.54) is 6.07 Å². The van der Waals surface area contributed by atoms with Crippen molar-refractivity contribution in [3.63, 3.8) is 0 Å². The highest BCUT2D eigenvalue weighted by atomic mass is 32.1. The van der Waals surface area contributed by atoms with Crippen LogP contribution < -0.4 is 0 Å². The highest BCUT2D eigenvalue weighted by molar-refractivity contribution is 7.80. The minimum atomic E-state index is -0.599. The van der Waals surface area contributed by atoms with Crippen LogP contribution in [0.5, 0.6) is 0 Å².